The third kappa shape index (κ3) is 3.16. The summed E-state index contributed by atoms with van der Waals surface area (Å²) in [4.78, 5) is 6.98. The van der Waals surface area contributed by atoms with Gasteiger partial charge in [0, 0.05) is 11.6 Å². The van der Waals surface area contributed by atoms with Crippen LogP contribution in [0.5, 0.6) is 11.6 Å². The van der Waals surface area contributed by atoms with E-state index in [-0.39, 0.29) is 5.41 Å². The Morgan fingerprint density at radius 2 is 1.55 bits per heavy atom. The summed E-state index contributed by atoms with van der Waals surface area (Å²) in [5.74, 6) is 1.48. The van der Waals surface area contributed by atoms with Crippen molar-refractivity contribution in [1.82, 2.24) is 4.98 Å². The molecule has 0 saturated heterocycles. The first-order valence-electron chi connectivity index (χ1n) is 10.8. The number of anilines is 3. The number of rotatable bonds is 1. The average Bonchev–Trinajstić information content (AvgIpc) is 2.72. The fraction of sp³-hybridized carbons (Fsp3) is 0.250. The summed E-state index contributed by atoms with van der Waals surface area (Å²) in [6.45, 7) is 13.3. The molecule has 1 aliphatic rings. The fourth-order valence-corrected chi connectivity index (χ4v) is 4.53. The lowest BCUT2D eigenvalue weighted by Crippen LogP contribution is -2.20. The van der Waals surface area contributed by atoms with Crippen molar-refractivity contribution in [2.24, 2.45) is 0 Å². The highest BCUT2D eigenvalue weighted by molar-refractivity contribution is 6.04. The van der Waals surface area contributed by atoms with E-state index in [1.807, 2.05) is 6.20 Å². The van der Waals surface area contributed by atoms with Crippen molar-refractivity contribution in [3.8, 4) is 11.6 Å². The van der Waals surface area contributed by atoms with Crippen LogP contribution in [0.2, 0.25) is 0 Å². The monoisotopic (exact) mass is 408 g/mol. The van der Waals surface area contributed by atoms with Crippen LogP contribution in [0.15, 0.2) is 60.8 Å². The predicted molar refractivity (Wildman–Crippen MR) is 129 cm³/mol. The molecule has 4 aromatic rings. The SMILES string of the molecule is Cc1cnc2c(c1)N(c1c(C)cc(C(C)(C)C)cc1C)c1c(ccc3ccccc13)O2. The largest absolute Gasteiger partial charge is 0.435 e. The summed E-state index contributed by atoms with van der Waals surface area (Å²) in [7, 11) is 0. The summed E-state index contributed by atoms with van der Waals surface area (Å²) >= 11 is 0. The lowest BCUT2D eigenvalue weighted by molar-refractivity contribution is 0.458. The van der Waals surface area contributed by atoms with Crippen molar-refractivity contribution in [2.45, 2.75) is 47.0 Å². The lowest BCUT2D eigenvalue weighted by Gasteiger charge is -2.36. The van der Waals surface area contributed by atoms with Gasteiger partial charge in [-0.25, -0.2) is 4.98 Å². The van der Waals surface area contributed by atoms with Gasteiger partial charge in [-0.15, -0.1) is 0 Å². The molecule has 156 valence electrons. The van der Waals surface area contributed by atoms with Gasteiger partial charge in [0.2, 0.25) is 5.88 Å². The zero-order valence-corrected chi connectivity index (χ0v) is 19.1. The van der Waals surface area contributed by atoms with Crippen LogP contribution in [0.25, 0.3) is 10.8 Å². The van der Waals surface area contributed by atoms with Gasteiger partial charge in [0.15, 0.2) is 5.75 Å². The second-order valence-electron chi connectivity index (χ2n) is 9.62. The quantitative estimate of drug-likeness (QED) is 0.281. The van der Waals surface area contributed by atoms with Gasteiger partial charge in [-0.05, 0) is 66.0 Å². The minimum atomic E-state index is 0.0969. The first-order chi connectivity index (χ1) is 14.7. The maximum Gasteiger partial charge on any atom is 0.243 e. The van der Waals surface area contributed by atoms with Crippen LogP contribution >= 0.6 is 0 Å². The van der Waals surface area contributed by atoms with Crippen molar-refractivity contribution in [3.63, 3.8) is 0 Å². The van der Waals surface area contributed by atoms with E-state index in [0.29, 0.717) is 5.88 Å². The molecular formula is C28H28N2O. The summed E-state index contributed by atoms with van der Waals surface area (Å²) in [5, 5.41) is 2.37. The van der Waals surface area contributed by atoms with E-state index in [1.165, 1.54) is 33.2 Å². The Kier molecular flexibility index (Phi) is 4.33. The van der Waals surface area contributed by atoms with Crippen molar-refractivity contribution >= 4 is 27.8 Å². The number of benzene rings is 3. The average molecular weight is 409 g/mol. The van der Waals surface area contributed by atoms with Gasteiger partial charge in [-0.1, -0.05) is 63.2 Å². The molecule has 0 bridgehead atoms. The summed E-state index contributed by atoms with van der Waals surface area (Å²) in [6, 6.07) is 19.5. The minimum absolute atomic E-state index is 0.0969. The van der Waals surface area contributed by atoms with Crippen LogP contribution in [0, 0.1) is 20.8 Å². The van der Waals surface area contributed by atoms with Crippen LogP contribution in [-0.4, -0.2) is 4.98 Å². The van der Waals surface area contributed by atoms with Gasteiger partial charge in [0.1, 0.15) is 5.69 Å². The van der Waals surface area contributed by atoms with Crippen molar-refractivity contribution < 1.29 is 4.74 Å². The van der Waals surface area contributed by atoms with E-state index in [2.05, 4.69) is 106 Å². The number of hydrogen-bond acceptors (Lipinski definition) is 3. The van der Waals surface area contributed by atoms with Crippen LogP contribution in [0.4, 0.5) is 17.1 Å². The first kappa shape index (κ1) is 19.6. The number of hydrogen-bond donors (Lipinski definition) is 0. The van der Waals surface area contributed by atoms with Gasteiger partial charge < -0.3 is 9.64 Å². The molecule has 31 heavy (non-hydrogen) atoms. The highest BCUT2D eigenvalue weighted by Crippen LogP contribution is 2.54. The van der Waals surface area contributed by atoms with Gasteiger partial charge in [0.25, 0.3) is 0 Å². The molecule has 0 atom stereocenters. The summed E-state index contributed by atoms with van der Waals surface area (Å²) in [5.41, 5.74) is 8.31. The summed E-state index contributed by atoms with van der Waals surface area (Å²) in [6.07, 6.45) is 1.87. The number of pyridine rings is 1. The summed E-state index contributed by atoms with van der Waals surface area (Å²) < 4.78 is 6.30. The van der Waals surface area contributed by atoms with E-state index in [0.717, 1.165) is 22.7 Å². The lowest BCUT2D eigenvalue weighted by atomic mass is 9.84. The Morgan fingerprint density at radius 1 is 0.839 bits per heavy atom. The maximum atomic E-state index is 6.30. The van der Waals surface area contributed by atoms with E-state index in [4.69, 9.17) is 4.74 Å². The smallest absolute Gasteiger partial charge is 0.243 e. The second kappa shape index (κ2) is 6.84. The molecule has 0 aliphatic carbocycles. The van der Waals surface area contributed by atoms with Crippen molar-refractivity contribution in [1.29, 1.82) is 0 Å². The zero-order chi connectivity index (χ0) is 21.9. The first-order valence-corrected chi connectivity index (χ1v) is 10.8. The van der Waals surface area contributed by atoms with Crippen molar-refractivity contribution in [2.75, 3.05) is 4.90 Å². The Hall–Kier alpha value is -3.33. The number of ether oxygens (including phenoxy) is 1. The Morgan fingerprint density at radius 3 is 2.26 bits per heavy atom. The molecule has 0 unspecified atom stereocenters. The molecule has 5 rings (SSSR count). The van der Waals surface area contributed by atoms with Gasteiger partial charge in [-0.2, -0.15) is 0 Å². The van der Waals surface area contributed by atoms with Gasteiger partial charge in [-0.3, -0.25) is 0 Å². The number of fused-ring (bicyclic) bond motifs is 4. The predicted octanol–water partition coefficient (Wildman–Crippen LogP) is 8.03. The Balaban J connectivity index is 1.86. The number of aromatic nitrogens is 1. The molecular weight excluding hydrogens is 380 g/mol. The topological polar surface area (TPSA) is 25.4 Å². The number of aryl methyl sites for hydroxylation is 3. The molecule has 3 aromatic carbocycles. The van der Waals surface area contributed by atoms with Gasteiger partial charge >= 0.3 is 0 Å². The maximum absolute atomic E-state index is 6.30. The second-order valence-corrected chi connectivity index (χ2v) is 9.62. The van der Waals surface area contributed by atoms with E-state index < -0.39 is 0 Å². The van der Waals surface area contributed by atoms with Crippen LogP contribution < -0.4 is 9.64 Å². The third-order valence-corrected chi connectivity index (χ3v) is 6.08. The molecule has 2 heterocycles. The fourth-order valence-electron chi connectivity index (χ4n) is 4.53. The van der Waals surface area contributed by atoms with Crippen LogP contribution in [-0.2, 0) is 5.41 Å². The molecule has 0 radical (unpaired) electrons. The number of nitrogens with zero attached hydrogens (tertiary/aromatic N) is 2. The normalized spacial score (nSPS) is 13.0. The molecule has 0 amide bonds. The Labute approximate surface area is 184 Å². The molecule has 0 fully saturated rings. The molecule has 1 aliphatic heterocycles. The third-order valence-electron chi connectivity index (χ3n) is 6.08. The Bertz CT molecular complexity index is 1310. The van der Waals surface area contributed by atoms with Gasteiger partial charge in [0.05, 0.1) is 11.4 Å². The molecule has 3 nitrogen and oxygen atoms in total. The minimum Gasteiger partial charge on any atom is -0.435 e. The molecule has 3 heteroatoms. The van der Waals surface area contributed by atoms with Crippen molar-refractivity contribution in [3.05, 3.63) is 83.0 Å². The highest BCUT2D eigenvalue weighted by atomic mass is 16.5. The van der Waals surface area contributed by atoms with Crippen LogP contribution in [0.1, 0.15) is 43.0 Å². The standard InChI is InChI=1S/C28H28N2O/c1-17-13-23-27(29-16-17)31-24-12-11-20-9-7-8-10-22(20)26(24)30(23)25-18(2)14-21(15-19(25)3)28(4,5)6/h7-16H,1-6H3. The highest BCUT2D eigenvalue weighted by Gasteiger charge is 2.31. The molecule has 0 saturated carbocycles. The van der Waals surface area contributed by atoms with Crippen LogP contribution in [0.3, 0.4) is 0 Å². The zero-order valence-electron chi connectivity index (χ0n) is 19.1. The molecule has 0 spiro atoms. The van der Waals surface area contributed by atoms with E-state index in [9.17, 15) is 0 Å². The molecule has 1 aromatic heterocycles. The van der Waals surface area contributed by atoms with E-state index in [1.54, 1.807) is 0 Å². The molecule has 0 N–H and O–H groups in total. The van der Waals surface area contributed by atoms with E-state index >= 15 is 0 Å².